The van der Waals surface area contributed by atoms with Crippen LogP contribution >= 0.6 is 0 Å². The SMILES string of the molecule is COc1ccc(S(=O)(=O)N2CCN(C(=O)CC(C)(C)C)CC2)c(C)c1. The number of rotatable bonds is 4. The lowest BCUT2D eigenvalue weighted by Crippen LogP contribution is -2.51. The molecule has 1 saturated heterocycles. The molecule has 140 valence electrons. The lowest BCUT2D eigenvalue weighted by Gasteiger charge is -2.35. The summed E-state index contributed by atoms with van der Waals surface area (Å²) in [7, 11) is -2.01. The molecule has 0 aliphatic carbocycles. The molecule has 7 heteroatoms. The highest BCUT2D eigenvalue weighted by atomic mass is 32.2. The molecule has 25 heavy (non-hydrogen) atoms. The van der Waals surface area contributed by atoms with Crippen molar-refractivity contribution in [2.75, 3.05) is 33.3 Å². The third-order valence-electron chi connectivity index (χ3n) is 4.27. The van der Waals surface area contributed by atoms with Gasteiger partial charge in [-0.2, -0.15) is 4.31 Å². The van der Waals surface area contributed by atoms with E-state index in [4.69, 9.17) is 4.74 Å². The number of sulfonamides is 1. The molecule has 1 aliphatic rings. The number of ether oxygens (including phenoxy) is 1. The van der Waals surface area contributed by atoms with E-state index in [0.717, 1.165) is 0 Å². The van der Waals surface area contributed by atoms with Crippen molar-refractivity contribution in [3.63, 3.8) is 0 Å². The van der Waals surface area contributed by atoms with E-state index in [0.29, 0.717) is 48.8 Å². The van der Waals surface area contributed by atoms with Crippen LogP contribution in [0.3, 0.4) is 0 Å². The minimum Gasteiger partial charge on any atom is -0.497 e. The lowest BCUT2D eigenvalue weighted by atomic mass is 9.91. The van der Waals surface area contributed by atoms with Crippen LogP contribution in [0.5, 0.6) is 5.75 Å². The summed E-state index contributed by atoms with van der Waals surface area (Å²) in [5.74, 6) is 0.722. The Morgan fingerprint density at radius 1 is 1.16 bits per heavy atom. The molecule has 0 spiro atoms. The topological polar surface area (TPSA) is 66.9 Å². The Labute approximate surface area is 150 Å². The highest BCUT2D eigenvalue weighted by Crippen LogP contribution is 2.25. The zero-order valence-corrected chi connectivity index (χ0v) is 16.5. The number of methoxy groups -OCH3 is 1. The molecule has 0 N–H and O–H groups in total. The van der Waals surface area contributed by atoms with Gasteiger partial charge in [0.05, 0.1) is 12.0 Å². The van der Waals surface area contributed by atoms with Crippen LogP contribution in [0.2, 0.25) is 0 Å². The number of benzene rings is 1. The van der Waals surface area contributed by atoms with Gasteiger partial charge in [0.15, 0.2) is 0 Å². The highest BCUT2D eigenvalue weighted by molar-refractivity contribution is 7.89. The third-order valence-corrected chi connectivity index (χ3v) is 6.33. The van der Waals surface area contributed by atoms with E-state index in [1.807, 2.05) is 20.8 Å². The molecule has 0 aromatic heterocycles. The van der Waals surface area contributed by atoms with Crippen molar-refractivity contribution in [3.05, 3.63) is 23.8 Å². The fourth-order valence-electron chi connectivity index (χ4n) is 2.92. The fraction of sp³-hybridized carbons (Fsp3) is 0.611. The van der Waals surface area contributed by atoms with E-state index < -0.39 is 10.0 Å². The molecular weight excluding hydrogens is 340 g/mol. The van der Waals surface area contributed by atoms with E-state index in [9.17, 15) is 13.2 Å². The van der Waals surface area contributed by atoms with Crippen molar-refractivity contribution >= 4 is 15.9 Å². The van der Waals surface area contributed by atoms with Crippen molar-refractivity contribution in [1.82, 2.24) is 9.21 Å². The normalized spacial score (nSPS) is 16.8. The van der Waals surface area contributed by atoms with Gasteiger partial charge >= 0.3 is 0 Å². The second-order valence-corrected chi connectivity index (χ2v) is 9.56. The summed E-state index contributed by atoms with van der Waals surface area (Å²) in [6.45, 7) is 9.35. The zero-order chi connectivity index (χ0) is 18.8. The van der Waals surface area contributed by atoms with Crippen molar-refractivity contribution < 1.29 is 17.9 Å². The molecule has 1 amide bonds. The maximum Gasteiger partial charge on any atom is 0.243 e. The van der Waals surface area contributed by atoms with Gasteiger partial charge in [0.25, 0.3) is 0 Å². The molecule has 1 aromatic rings. The van der Waals surface area contributed by atoms with Crippen LogP contribution in [-0.4, -0.2) is 56.8 Å². The predicted molar refractivity (Wildman–Crippen MR) is 97.1 cm³/mol. The standard InChI is InChI=1S/C18H28N2O4S/c1-14-12-15(24-5)6-7-16(14)25(22,23)20-10-8-19(9-11-20)17(21)13-18(2,3)4/h6-7,12H,8-11,13H2,1-5H3. The number of carbonyl (C=O) groups is 1. The van der Waals surface area contributed by atoms with Gasteiger partial charge in [-0.05, 0) is 36.1 Å². The van der Waals surface area contributed by atoms with Crippen molar-refractivity contribution in [2.45, 2.75) is 39.0 Å². The van der Waals surface area contributed by atoms with E-state index in [-0.39, 0.29) is 11.3 Å². The van der Waals surface area contributed by atoms with Gasteiger partial charge in [-0.15, -0.1) is 0 Å². The first-order valence-electron chi connectivity index (χ1n) is 8.47. The zero-order valence-electron chi connectivity index (χ0n) is 15.7. The van der Waals surface area contributed by atoms with E-state index >= 15 is 0 Å². The second-order valence-electron chi connectivity index (χ2n) is 7.65. The largest absolute Gasteiger partial charge is 0.497 e. The number of carbonyl (C=O) groups excluding carboxylic acids is 1. The van der Waals surface area contributed by atoms with Crippen LogP contribution in [0, 0.1) is 12.3 Å². The Morgan fingerprint density at radius 2 is 1.76 bits per heavy atom. The Balaban J connectivity index is 2.08. The molecule has 6 nitrogen and oxygen atoms in total. The van der Waals surface area contributed by atoms with Crippen molar-refractivity contribution in [3.8, 4) is 5.75 Å². The van der Waals surface area contributed by atoms with Gasteiger partial charge in [-0.1, -0.05) is 20.8 Å². The van der Waals surface area contributed by atoms with Crippen molar-refractivity contribution in [1.29, 1.82) is 0 Å². The lowest BCUT2D eigenvalue weighted by molar-refractivity contribution is -0.134. The number of piperazine rings is 1. The third kappa shape index (κ3) is 4.73. The van der Waals surface area contributed by atoms with Crippen molar-refractivity contribution in [2.24, 2.45) is 5.41 Å². The fourth-order valence-corrected chi connectivity index (χ4v) is 4.55. The first-order valence-corrected chi connectivity index (χ1v) is 9.91. The maximum atomic E-state index is 12.9. The Bertz CT molecular complexity index is 730. The summed E-state index contributed by atoms with van der Waals surface area (Å²) in [4.78, 5) is 14.4. The predicted octanol–water partition coefficient (Wildman–Crippen LogP) is 2.27. The quantitative estimate of drug-likeness (QED) is 0.818. The van der Waals surface area contributed by atoms with Crippen LogP contribution in [0.15, 0.2) is 23.1 Å². The number of aryl methyl sites for hydroxylation is 1. The molecular formula is C18H28N2O4S. The molecule has 1 aromatic carbocycles. The van der Waals surface area contributed by atoms with Crippen LogP contribution in [-0.2, 0) is 14.8 Å². The van der Waals surface area contributed by atoms with E-state index in [1.165, 1.54) is 4.31 Å². The Kier molecular flexibility index (Phi) is 5.79. The molecule has 0 saturated carbocycles. The minimum absolute atomic E-state index is 0.0689. The van der Waals surface area contributed by atoms with Gasteiger partial charge in [0.1, 0.15) is 5.75 Å². The van der Waals surface area contributed by atoms with E-state index in [1.54, 1.807) is 37.1 Å². The van der Waals surface area contributed by atoms with Gasteiger partial charge in [-0.3, -0.25) is 4.79 Å². The van der Waals surface area contributed by atoms with Gasteiger partial charge < -0.3 is 9.64 Å². The Morgan fingerprint density at radius 3 is 2.24 bits per heavy atom. The molecule has 0 unspecified atom stereocenters. The number of nitrogens with zero attached hydrogens (tertiary/aromatic N) is 2. The molecule has 1 heterocycles. The van der Waals surface area contributed by atoms with Crippen LogP contribution in [0.4, 0.5) is 0 Å². The average molecular weight is 368 g/mol. The smallest absolute Gasteiger partial charge is 0.243 e. The number of hydrogen-bond donors (Lipinski definition) is 0. The summed E-state index contributed by atoms with van der Waals surface area (Å²) >= 11 is 0. The van der Waals surface area contributed by atoms with Gasteiger partial charge in [-0.25, -0.2) is 8.42 Å². The van der Waals surface area contributed by atoms with Crippen LogP contribution < -0.4 is 4.74 Å². The summed E-state index contributed by atoms with van der Waals surface area (Å²) < 4.78 is 32.4. The van der Waals surface area contributed by atoms with Gasteiger partial charge in [0.2, 0.25) is 15.9 Å². The molecule has 0 atom stereocenters. The number of hydrogen-bond acceptors (Lipinski definition) is 4. The summed E-state index contributed by atoms with van der Waals surface area (Å²) in [6, 6.07) is 4.96. The van der Waals surface area contributed by atoms with Crippen LogP contribution in [0.25, 0.3) is 0 Å². The molecule has 0 bridgehead atoms. The second kappa shape index (κ2) is 7.33. The Hall–Kier alpha value is -1.60. The minimum atomic E-state index is -3.56. The average Bonchev–Trinajstić information content (AvgIpc) is 2.53. The highest BCUT2D eigenvalue weighted by Gasteiger charge is 2.32. The monoisotopic (exact) mass is 368 g/mol. The van der Waals surface area contributed by atoms with Crippen LogP contribution in [0.1, 0.15) is 32.8 Å². The molecule has 1 fully saturated rings. The van der Waals surface area contributed by atoms with E-state index in [2.05, 4.69) is 0 Å². The first-order chi connectivity index (χ1) is 11.5. The number of amides is 1. The molecule has 2 rings (SSSR count). The summed E-state index contributed by atoms with van der Waals surface area (Å²) in [5.41, 5.74) is 0.589. The summed E-state index contributed by atoms with van der Waals surface area (Å²) in [5, 5.41) is 0. The summed E-state index contributed by atoms with van der Waals surface area (Å²) in [6.07, 6.45) is 0.470. The molecule has 1 aliphatic heterocycles. The first kappa shape index (κ1) is 19.7. The van der Waals surface area contributed by atoms with Gasteiger partial charge in [0, 0.05) is 32.6 Å². The molecule has 0 radical (unpaired) electrons. The maximum absolute atomic E-state index is 12.9.